The number of carbonyl (C=O) groups excluding carboxylic acids is 1. The van der Waals surface area contributed by atoms with Crippen molar-refractivity contribution in [2.75, 3.05) is 32.7 Å². The normalized spacial score (nSPS) is 17.1. The highest BCUT2D eigenvalue weighted by atomic mass is 19.1. The summed E-state index contributed by atoms with van der Waals surface area (Å²) < 4.78 is 25.9. The second-order valence-corrected chi connectivity index (χ2v) is 4.11. The van der Waals surface area contributed by atoms with Crippen LogP contribution in [0.2, 0.25) is 0 Å². The summed E-state index contributed by atoms with van der Waals surface area (Å²) in [6.07, 6.45) is 0. The molecule has 0 atom stereocenters. The van der Waals surface area contributed by atoms with E-state index in [9.17, 15) is 13.6 Å². The molecule has 1 saturated heterocycles. The molecule has 2 rings (SSSR count). The molecule has 0 saturated carbocycles. The Labute approximate surface area is 98.4 Å². The monoisotopic (exact) mass is 240 g/mol. The van der Waals surface area contributed by atoms with Crippen molar-refractivity contribution in [2.45, 2.75) is 0 Å². The van der Waals surface area contributed by atoms with Crippen molar-refractivity contribution < 1.29 is 13.6 Å². The number of rotatable bonds is 3. The van der Waals surface area contributed by atoms with Crippen molar-refractivity contribution in [3.05, 3.63) is 35.4 Å². The maximum Gasteiger partial charge on any atom is 0.177 e. The third-order valence-electron chi connectivity index (χ3n) is 2.76. The Morgan fingerprint density at radius 1 is 1.18 bits per heavy atom. The van der Waals surface area contributed by atoms with Crippen LogP contribution in [0.4, 0.5) is 8.78 Å². The van der Waals surface area contributed by atoms with Crippen LogP contribution in [-0.4, -0.2) is 43.4 Å². The van der Waals surface area contributed by atoms with Crippen LogP contribution in [0.3, 0.4) is 0 Å². The van der Waals surface area contributed by atoms with Gasteiger partial charge in [0.1, 0.15) is 11.6 Å². The molecule has 1 aromatic carbocycles. The average molecular weight is 240 g/mol. The maximum absolute atomic E-state index is 13.0. The molecule has 17 heavy (non-hydrogen) atoms. The molecule has 0 radical (unpaired) electrons. The largest absolute Gasteiger partial charge is 0.314 e. The van der Waals surface area contributed by atoms with Crippen molar-refractivity contribution in [3.8, 4) is 0 Å². The van der Waals surface area contributed by atoms with E-state index in [-0.39, 0.29) is 17.9 Å². The van der Waals surface area contributed by atoms with Crippen molar-refractivity contribution in [3.63, 3.8) is 0 Å². The van der Waals surface area contributed by atoms with Gasteiger partial charge in [-0.3, -0.25) is 9.69 Å². The molecule has 1 N–H and O–H groups in total. The molecule has 1 heterocycles. The maximum atomic E-state index is 13.0. The summed E-state index contributed by atoms with van der Waals surface area (Å²) in [5, 5.41) is 3.17. The summed E-state index contributed by atoms with van der Waals surface area (Å²) in [7, 11) is 0. The summed E-state index contributed by atoms with van der Waals surface area (Å²) in [6, 6.07) is 2.92. The highest BCUT2D eigenvalue weighted by Crippen LogP contribution is 2.09. The minimum absolute atomic E-state index is 0.0982. The second-order valence-electron chi connectivity index (χ2n) is 4.11. The van der Waals surface area contributed by atoms with Crippen LogP contribution >= 0.6 is 0 Å². The predicted molar refractivity (Wildman–Crippen MR) is 60.0 cm³/mol. The van der Waals surface area contributed by atoms with Crippen molar-refractivity contribution in [1.82, 2.24) is 10.2 Å². The second kappa shape index (κ2) is 5.33. The number of hydrogen-bond donors (Lipinski definition) is 1. The number of nitrogens with zero attached hydrogens (tertiary/aromatic N) is 1. The summed E-state index contributed by atoms with van der Waals surface area (Å²) in [5.41, 5.74) is 0.0982. The van der Waals surface area contributed by atoms with Crippen LogP contribution in [0.5, 0.6) is 0 Å². The quantitative estimate of drug-likeness (QED) is 0.802. The van der Waals surface area contributed by atoms with Crippen LogP contribution in [0.25, 0.3) is 0 Å². The van der Waals surface area contributed by atoms with Gasteiger partial charge in [0, 0.05) is 37.8 Å². The number of ketones is 1. The fourth-order valence-electron chi connectivity index (χ4n) is 1.88. The molecule has 0 aliphatic carbocycles. The van der Waals surface area contributed by atoms with Crippen molar-refractivity contribution in [1.29, 1.82) is 0 Å². The minimum Gasteiger partial charge on any atom is -0.314 e. The lowest BCUT2D eigenvalue weighted by Gasteiger charge is -2.26. The van der Waals surface area contributed by atoms with E-state index in [4.69, 9.17) is 0 Å². The number of hydrogen-bond acceptors (Lipinski definition) is 3. The van der Waals surface area contributed by atoms with E-state index in [0.29, 0.717) is 0 Å². The first-order chi connectivity index (χ1) is 8.15. The molecule has 0 spiro atoms. The summed E-state index contributed by atoms with van der Waals surface area (Å²) in [6.45, 7) is 3.45. The molecule has 0 aromatic heterocycles. The number of piperazine rings is 1. The van der Waals surface area contributed by atoms with Gasteiger partial charge < -0.3 is 5.32 Å². The van der Waals surface area contributed by atoms with Gasteiger partial charge in [0.05, 0.1) is 6.54 Å². The number of Topliss-reactive ketones (excluding diaryl/α,β-unsaturated/α-hetero) is 1. The highest BCUT2D eigenvalue weighted by molar-refractivity contribution is 5.97. The Morgan fingerprint density at radius 3 is 2.35 bits per heavy atom. The van der Waals surface area contributed by atoms with Gasteiger partial charge in [-0.2, -0.15) is 0 Å². The lowest BCUT2D eigenvalue weighted by molar-refractivity contribution is 0.0920. The Morgan fingerprint density at radius 2 is 1.76 bits per heavy atom. The van der Waals surface area contributed by atoms with E-state index in [1.54, 1.807) is 0 Å². The Hall–Kier alpha value is -1.33. The Bertz CT molecular complexity index is 397. The first-order valence-corrected chi connectivity index (χ1v) is 5.57. The van der Waals surface area contributed by atoms with Crippen LogP contribution in [0.1, 0.15) is 10.4 Å². The van der Waals surface area contributed by atoms with Gasteiger partial charge in [0.15, 0.2) is 5.78 Å². The van der Waals surface area contributed by atoms with E-state index in [0.717, 1.165) is 44.4 Å². The van der Waals surface area contributed by atoms with E-state index >= 15 is 0 Å². The van der Waals surface area contributed by atoms with Crippen LogP contribution in [0, 0.1) is 11.6 Å². The molecule has 92 valence electrons. The first-order valence-electron chi connectivity index (χ1n) is 5.57. The molecule has 1 aliphatic heterocycles. The third-order valence-corrected chi connectivity index (χ3v) is 2.76. The zero-order chi connectivity index (χ0) is 12.3. The smallest absolute Gasteiger partial charge is 0.177 e. The first kappa shape index (κ1) is 12.1. The minimum atomic E-state index is -0.714. The van der Waals surface area contributed by atoms with E-state index < -0.39 is 11.6 Å². The number of halogens is 2. The number of nitrogens with one attached hydrogen (secondary N) is 1. The van der Waals surface area contributed by atoms with Gasteiger partial charge in [-0.25, -0.2) is 8.78 Å². The van der Waals surface area contributed by atoms with Crippen molar-refractivity contribution >= 4 is 5.78 Å². The van der Waals surface area contributed by atoms with Crippen LogP contribution in [0.15, 0.2) is 18.2 Å². The fraction of sp³-hybridized carbons (Fsp3) is 0.417. The van der Waals surface area contributed by atoms with Gasteiger partial charge in [0.25, 0.3) is 0 Å². The molecule has 1 fully saturated rings. The average Bonchev–Trinajstić information content (AvgIpc) is 2.29. The molecule has 1 aromatic rings. The van der Waals surface area contributed by atoms with Gasteiger partial charge in [-0.05, 0) is 12.1 Å². The predicted octanol–water partition coefficient (Wildman–Crippen LogP) is 1.05. The standard InChI is InChI=1S/C12H14F2N2O/c13-10-5-9(6-11(14)7-10)12(17)8-16-3-1-15-2-4-16/h5-7,15H,1-4,8H2. The van der Waals surface area contributed by atoms with Gasteiger partial charge in [-0.15, -0.1) is 0 Å². The molecule has 3 nitrogen and oxygen atoms in total. The van der Waals surface area contributed by atoms with Crippen molar-refractivity contribution in [2.24, 2.45) is 0 Å². The zero-order valence-corrected chi connectivity index (χ0v) is 9.38. The van der Waals surface area contributed by atoms with E-state index in [1.807, 2.05) is 4.90 Å². The SMILES string of the molecule is O=C(CN1CCNCC1)c1cc(F)cc(F)c1. The van der Waals surface area contributed by atoms with Crippen LogP contribution in [-0.2, 0) is 0 Å². The third kappa shape index (κ3) is 3.31. The Kier molecular flexibility index (Phi) is 3.81. The van der Waals surface area contributed by atoms with E-state index in [1.165, 1.54) is 0 Å². The summed E-state index contributed by atoms with van der Waals surface area (Å²) in [5.74, 6) is -1.67. The van der Waals surface area contributed by atoms with Gasteiger partial charge in [0.2, 0.25) is 0 Å². The topological polar surface area (TPSA) is 32.3 Å². The lowest BCUT2D eigenvalue weighted by Crippen LogP contribution is -2.45. The molecule has 0 unspecified atom stereocenters. The molecule has 1 aliphatic rings. The van der Waals surface area contributed by atoms with E-state index in [2.05, 4.69) is 5.32 Å². The molecular weight excluding hydrogens is 226 g/mol. The number of benzene rings is 1. The molecule has 0 amide bonds. The number of carbonyl (C=O) groups is 1. The summed E-state index contributed by atoms with van der Waals surface area (Å²) in [4.78, 5) is 13.8. The Balaban J connectivity index is 2.03. The molecular formula is C12H14F2N2O. The highest BCUT2D eigenvalue weighted by Gasteiger charge is 2.15. The van der Waals surface area contributed by atoms with Gasteiger partial charge >= 0.3 is 0 Å². The molecule has 5 heteroatoms. The fourth-order valence-corrected chi connectivity index (χ4v) is 1.88. The summed E-state index contributed by atoms with van der Waals surface area (Å²) >= 11 is 0. The van der Waals surface area contributed by atoms with Crippen LogP contribution < -0.4 is 5.32 Å². The van der Waals surface area contributed by atoms with Gasteiger partial charge in [-0.1, -0.05) is 0 Å². The lowest BCUT2D eigenvalue weighted by atomic mass is 10.1. The zero-order valence-electron chi connectivity index (χ0n) is 9.38. The molecule has 0 bridgehead atoms.